The second kappa shape index (κ2) is 8.96. The van der Waals surface area contributed by atoms with Crippen LogP contribution in [0.15, 0.2) is 60.9 Å². The highest BCUT2D eigenvalue weighted by Gasteiger charge is 2.24. The molecule has 3 aromatic rings. The molecule has 32 heavy (non-hydrogen) atoms. The maximum absolute atomic E-state index is 12.7. The van der Waals surface area contributed by atoms with Crippen LogP contribution in [0.25, 0.3) is 5.69 Å². The largest absolute Gasteiger partial charge is 0.381 e. The van der Waals surface area contributed by atoms with Crippen molar-refractivity contribution in [1.82, 2.24) is 15.1 Å². The second-order valence-electron chi connectivity index (χ2n) is 8.36. The summed E-state index contributed by atoms with van der Waals surface area (Å²) in [5, 5.41) is 10.4. The van der Waals surface area contributed by atoms with E-state index in [-0.39, 0.29) is 23.8 Å². The molecule has 2 aromatic carbocycles. The Kier molecular flexibility index (Phi) is 5.73. The van der Waals surface area contributed by atoms with E-state index in [1.165, 1.54) is 11.1 Å². The van der Waals surface area contributed by atoms with Gasteiger partial charge in [-0.15, -0.1) is 0 Å². The first-order valence-corrected chi connectivity index (χ1v) is 11.1. The molecule has 5 rings (SSSR count). The minimum Gasteiger partial charge on any atom is -0.381 e. The Hall–Kier alpha value is -3.45. The third-order valence-corrected chi connectivity index (χ3v) is 6.27. The predicted octanol–water partition coefficient (Wildman–Crippen LogP) is 3.65. The lowest BCUT2D eigenvalue weighted by Gasteiger charge is -2.20. The fourth-order valence-corrected chi connectivity index (χ4v) is 4.45. The van der Waals surface area contributed by atoms with Crippen LogP contribution >= 0.6 is 0 Å². The molecule has 7 nitrogen and oxygen atoms in total. The Morgan fingerprint density at radius 3 is 2.59 bits per heavy atom. The fourth-order valence-electron chi connectivity index (χ4n) is 4.45. The van der Waals surface area contributed by atoms with Gasteiger partial charge in [0.15, 0.2) is 0 Å². The molecule has 0 spiro atoms. The standard InChI is InChI=1S/C25H26N4O3/c30-24(19-11-13-32-14-12-19)27-20-15-26-29(16-20)21-8-5-18(6-9-21)25(31)28-23-10-7-17-3-1-2-4-22(17)23/h1-6,8-9,15-16,19,23H,7,10-14H2,(H,27,30)(H,28,31). The van der Waals surface area contributed by atoms with Gasteiger partial charge in [0.25, 0.3) is 5.91 Å². The van der Waals surface area contributed by atoms with Gasteiger partial charge in [-0.05, 0) is 61.1 Å². The molecule has 0 bridgehead atoms. The molecule has 1 unspecified atom stereocenters. The van der Waals surface area contributed by atoms with Gasteiger partial charge >= 0.3 is 0 Å². The molecule has 2 aliphatic rings. The number of hydrogen-bond acceptors (Lipinski definition) is 4. The van der Waals surface area contributed by atoms with E-state index in [1.54, 1.807) is 29.2 Å². The molecule has 1 aromatic heterocycles. The zero-order valence-electron chi connectivity index (χ0n) is 17.8. The van der Waals surface area contributed by atoms with Crippen LogP contribution < -0.4 is 10.6 Å². The first-order valence-electron chi connectivity index (χ1n) is 11.1. The van der Waals surface area contributed by atoms with Gasteiger partial charge in [-0.1, -0.05) is 24.3 Å². The number of aryl methyl sites for hydroxylation is 1. The summed E-state index contributed by atoms with van der Waals surface area (Å²) in [7, 11) is 0. The molecule has 2 heterocycles. The van der Waals surface area contributed by atoms with Gasteiger partial charge in [0.05, 0.1) is 29.8 Å². The highest BCUT2D eigenvalue weighted by atomic mass is 16.5. The molecule has 0 radical (unpaired) electrons. The van der Waals surface area contributed by atoms with Crippen molar-refractivity contribution >= 4 is 17.5 Å². The lowest BCUT2D eigenvalue weighted by atomic mass is 9.99. The van der Waals surface area contributed by atoms with Crippen molar-refractivity contribution in [3.05, 3.63) is 77.6 Å². The minimum atomic E-state index is -0.0804. The lowest BCUT2D eigenvalue weighted by Crippen LogP contribution is -2.28. The van der Waals surface area contributed by atoms with Crippen molar-refractivity contribution in [3.8, 4) is 5.69 Å². The van der Waals surface area contributed by atoms with E-state index in [1.807, 2.05) is 24.3 Å². The van der Waals surface area contributed by atoms with Gasteiger partial charge in [0, 0.05) is 24.7 Å². The van der Waals surface area contributed by atoms with Crippen LogP contribution in [0.3, 0.4) is 0 Å². The number of carbonyl (C=O) groups excluding carboxylic acids is 2. The molecule has 164 valence electrons. The van der Waals surface area contributed by atoms with Crippen LogP contribution in [-0.4, -0.2) is 34.8 Å². The SMILES string of the molecule is O=C(NC1CCc2ccccc21)c1ccc(-n2cc(NC(=O)C3CCOCC3)cn2)cc1. The summed E-state index contributed by atoms with van der Waals surface area (Å²) in [6, 6.07) is 15.6. The Balaban J connectivity index is 1.21. The quantitative estimate of drug-likeness (QED) is 0.647. The summed E-state index contributed by atoms with van der Waals surface area (Å²) < 4.78 is 7.01. The van der Waals surface area contributed by atoms with Gasteiger partial charge < -0.3 is 15.4 Å². The summed E-state index contributed by atoms with van der Waals surface area (Å²) in [5.74, 6) is -0.0896. The molecule has 1 saturated heterocycles. The van der Waals surface area contributed by atoms with E-state index in [0.29, 0.717) is 24.5 Å². The summed E-state index contributed by atoms with van der Waals surface area (Å²) in [4.78, 5) is 25.1. The minimum absolute atomic E-state index is 0.00774. The van der Waals surface area contributed by atoms with Gasteiger partial charge in [-0.25, -0.2) is 4.68 Å². The van der Waals surface area contributed by atoms with Crippen molar-refractivity contribution in [2.24, 2.45) is 5.92 Å². The molecule has 7 heteroatoms. The number of benzene rings is 2. The van der Waals surface area contributed by atoms with Crippen molar-refractivity contribution in [2.75, 3.05) is 18.5 Å². The molecule has 2 N–H and O–H groups in total. The van der Waals surface area contributed by atoms with Crippen LogP contribution in [-0.2, 0) is 16.0 Å². The predicted molar refractivity (Wildman–Crippen MR) is 121 cm³/mol. The van der Waals surface area contributed by atoms with Crippen molar-refractivity contribution in [1.29, 1.82) is 0 Å². The first-order chi connectivity index (χ1) is 15.7. The van der Waals surface area contributed by atoms with Crippen LogP contribution in [0, 0.1) is 5.92 Å². The van der Waals surface area contributed by atoms with Crippen molar-refractivity contribution in [2.45, 2.75) is 31.7 Å². The highest BCUT2D eigenvalue weighted by molar-refractivity contribution is 5.95. The third-order valence-electron chi connectivity index (χ3n) is 6.27. The number of nitrogens with one attached hydrogen (secondary N) is 2. The monoisotopic (exact) mass is 430 g/mol. The molecule has 1 fully saturated rings. The average molecular weight is 431 g/mol. The molecule has 2 amide bonds. The topological polar surface area (TPSA) is 85.2 Å². The number of ether oxygens (including phenoxy) is 1. The maximum atomic E-state index is 12.7. The lowest BCUT2D eigenvalue weighted by molar-refractivity contribution is -0.122. The van der Waals surface area contributed by atoms with Crippen LogP contribution in [0.2, 0.25) is 0 Å². The van der Waals surface area contributed by atoms with Crippen LogP contribution in [0.1, 0.15) is 46.8 Å². The third kappa shape index (κ3) is 4.29. The molecule has 1 atom stereocenters. The Bertz CT molecular complexity index is 1120. The number of carbonyl (C=O) groups is 2. The van der Waals surface area contributed by atoms with Crippen LogP contribution in [0.5, 0.6) is 0 Å². The Labute approximate surface area is 186 Å². The molecule has 1 aliphatic carbocycles. The van der Waals surface area contributed by atoms with Gasteiger partial charge in [-0.2, -0.15) is 5.10 Å². The maximum Gasteiger partial charge on any atom is 0.251 e. The number of amides is 2. The van der Waals surface area contributed by atoms with Crippen molar-refractivity contribution < 1.29 is 14.3 Å². The smallest absolute Gasteiger partial charge is 0.251 e. The number of nitrogens with zero attached hydrogens (tertiary/aromatic N) is 2. The Morgan fingerprint density at radius 1 is 1.00 bits per heavy atom. The normalized spacial score (nSPS) is 18.2. The number of fused-ring (bicyclic) bond motifs is 1. The number of rotatable bonds is 5. The van der Waals surface area contributed by atoms with E-state index >= 15 is 0 Å². The van der Waals surface area contributed by atoms with Gasteiger partial charge in [0.1, 0.15) is 0 Å². The Morgan fingerprint density at radius 2 is 1.78 bits per heavy atom. The zero-order valence-corrected chi connectivity index (χ0v) is 17.8. The average Bonchev–Trinajstić information content (AvgIpc) is 3.47. The summed E-state index contributed by atoms with van der Waals surface area (Å²) in [5.41, 5.74) is 4.61. The molecule has 1 aliphatic heterocycles. The summed E-state index contributed by atoms with van der Waals surface area (Å²) in [6.45, 7) is 1.26. The number of hydrogen-bond donors (Lipinski definition) is 2. The number of anilines is 1. The first kappa shape index (κ1) is 20.5. The van der Waals surface area contributed by atoms with Gasteiger partial charge in [-0.3, -0.25) is 9.59 Å². The molecular weight excluding hydrogens is 404 g/mol. The highest BCUT2D eigenvalue weighted by Crippen LogP contribution is 2.31. The van der Waals surface area contributed by atoms with Gasteiger partial charge in [0.2, 0.25) is 5.91 Å². The number of aromatic nitrogens is 2. The fraction of sp³-hybridized carbons (Fsp3) is 0.320. The van der Waals surface area contributed by atoms with Crippen molar-refractivity contribution in [3.63, 3.8) is 0 Å². The molecule has 0 saturated carbocycles. The second-order valence-corrected chi connectivity index (χ2v) is 8.36. The van der Waals surface area contributed by atoms with E-state index in [2.05, 4.69) is 27.9 Å². The zero-order chi connectivity index (χ0) is 21.9. The van der Waals surface area contributed by atoms with E-state index in [4.69, 9.17) is 4.74 Å². The van der Waals surface area contributed by atoms with E-state index in [9.17, 15) is 9.59 Å². The molecular formula is C25H26N4O3. The summed E-state index contributed by atoms with van der Waals surface area (Å²) >= 11 is 0. The van der Waals surface area contributed by atoms with E-state index in [0.717, 1.165) is 31.4 Å². The van der Waals surface area contributed by atoms with Crippen LogP contribution in [0.4, 0.5) is 5.69 Å². The summed E-state index contributed by atoms with van der Waals surface area (Å²) in [6.07, 6.45) is 6.83. The van der Waals surface area contributed by atoms with E-state index < -0.39 is 0 Å².